The Kier molecular flexibility index (Phi) is 6.38. The van der Waals surface area contributed by atoms with E-state index in [4.69, 9.17) is 15.0 Å². The number of aromatic nitrogens is 3. The summed E-state index contributed by atoms with van der Waals surface area (Å²) < 4.78 is 0. The van der Waals surface area contributed by atoms with Crippen LogP contribution in [0.2, 0.25) is 0 Å². The summed E-state index contributed by atoms with van der Waals surface area (Å²) in [6.07, 6.45) is 0. The first-order valence-corrected chi connectivity index (χ1v) is 16.5. The van der Waals surface area contributed by atoms with E-state index in [1.54, 1.807) is 0 Å². The Morgan fingerprint density at radius 2 is 0.833 bits per heavy atom. The molecule has 0 radical (unpaired) electrons. The minimum absolute atomic E-state index is 0.214. The number of benzene rings is 6. The maximum atomic E-state index is 5.10. The zero-order valence-corrected chi connectivity index (χ0v) is 26.9. The van der Waals surface area contributed by atoms with Gasteiger partial charge in [0.05, 0.1) is 5.41 Å². The Balaban J connectivity index is 1.33. The maximum absolute atomic E-state index is 5.10. The summed E-state index contributed by atoms with van der Waals surface area (Å²) in [6.45, 7) is 4.75. The van der Waals surface area contributed by atoms with Gasteiger partial charge in [0.25, 0.3) is 0 Å². The Hall–Kier alpha value is -5.93. The SMILES string of the molecule is CC1(C)C2=C(c3cc(-c4nc(-c5ccccc5)nc(-c5ccccc5)n4)ccc31)C(c1ccccc1)(c1ccccc1)c1ccccc12. The van der Waals surface area contributed by atoms with Crippen molar-refractivity contribution in [2.75, 3.05) is 0 Å². The average molecular weight is 616 g/mol. The van der Waals surface area contributed by atoms with Gasteiger partial charge in [0.1, 0.15) is 0 Å². The highest BCUT2D eigenvalue weighted by molar-refractivity contribution is 6.13. The Bertz CT molecular complexity index is 2240. The molecule has 0 unspecified atom stereocenters. The zero-order valence-electron chi connectivity index (χ0n) is 26.9. The summed E-state index contributed by atoms with van der Waals surface area (Å²) in [5, 5.41) is 0. The van der Waals surface area contributed by atoms with Crippen LogP contribution in [-0.4, -0.2) is 15.0 Å². The van der Waals surface area contributed by atoms with E-state index in [2.05, 4.69) is 141 Å². The third-order valence-corrected chi connectivity index (χ3v) is 10.2. The normalized spacial score (nSPS) is 15.1. The summed E-state index contributed by atoms with van der Waals surface area (Å²) in [5.74, 6) is 1.99. The van der Waals surface area contributed by atoms with Crippen molar-refractivity contribution < 1.29 is 0 Å². The number of allylic oxidation sites excluding steroid dienone is 2. The fourth-order valence-corrected chi connectivity index (χ4v) is 8.12. The van der Waals surface area contributed by atoms with Gasteiger partial charge in [-0.15, -0.1) is 0 Å². The molecule has 0 aliphatic heterocycles. The summed E-state index contributed by atoms with van der Waals surface area (Å²) in [5.41, 5.74) is 12.7. The van der Waals surface area contributed by atoms with Crippen molar-refractivity contribution in [3.8, 4) is 34.2 Å². The van der Waals surface area contributed by atoms with E-state index in [0.29, 0.717) is 17.5 Å². The smallest absolute Gasteiger partial charge is 0.164 e. The molecular formula is C45H33N3. The van der Waals surface area contributed by atoms with Gasteiger partial charge in [-0.3, -0.25) is 0 Å². The predicted molar refractivity (Wildman–Crippen MR) is 195 cm³/mol. The minimum atomic E-state index is -0.487. The van der Waals surface area contributed by atoms with Gasteiger partial charge < -0.3 is 0 Å². The van der Waals surface area contributed by atoms with Crippen LogP contribution in [-0.2, 0) is 10.8 Å². The molecule has 1 aromatic heterocycles. The van der Waals surface area contributed by atoms with Crippen molar-refractivity contribution in [3.05, 3.63) is 197 Å². The maximum Gasteiger partial charge on any atom is 0.164 e. The predicted octanol–water partition coefficient (Wildman–Crippen LogP) is 10.4. The van der Waals surface area contributed by atoms with Gasteiger partial charge in [-0.2, -0.15) is 0 Å². The van der Waals surface area contributed by atoms with Crippen molar-refractivity contribution in [2.24, 2.45) is 0 Å². The molecule has 228 valence electrons. The molecule has 2 aliphatic carbocycles. The Labute approximate surface area is 281 Å². The van der Waals surface area contributed by atoms with E-state index in [9.17, 15) is 0 Å². The van der Waals surface area contributed by atoms with Gasteiger partial charge in [-0.05, 0) is 50.6 Å². The lowest BCUT2D eigenvalue weighted by Crippen LogP contribution is -2.29. The highest BCUT2D eigenvalue weighted by Gasteiger charge is 2.55. The van der Waals surface area contributed by atoms with E-state index in [1.807, 2.05) is 36.4 Å². The van der Waals surface area contributed by atoms with E-state index in [-0.39, 0.29) is 5.41 Å². The van der Waals surface area contributed by atoms with Gasteiger partial charge in [0.15, 0.2) is 17.5 Å². The van der Waals surface area contributed by atoms with Crippen LogP contribution < -0.4 is 0 Å². The minimum Gasteiger partial charge on any atom is -0.208 e. The fourth-order valence-electron chi connectivity index (χ4n) is 8.12. The van der Waals surface area contributed by atoms with Crippen LogP contribution in [0.1, 0.15) is 47.2 Å². The van der Waals surface area contributed by atoms with Crippen LogP contribution in [0.25, 0.3) is 45.3 Å². The van der Waals surface area contributed by atoms with Crippen molar-refractivity contribution >= 4 is 11.1 Å². The number of nitrogens with zero attached hydrogens (tertiary/aromatic N) is 3. The fraction of sp³-hybridized carbons (Fsp3) is 0.0889. The topological polar surface area (TPSA) is 38.7 Å². The lowest BCUT2D eigenvalue weighted by molar-refractivity contribution is 0.703. The number of hydrogen-bond donors (Lipinski definition) is 0. The van der Waals surface area contributed by atoms with Gasteiger partial charge >= 0.3 is 0 Å². The first-order chi connectivity index (χ1) is 23.6. The molecule has 0 saturated carbocycles. The number of fused-ring (bicyclic) bond motifs is 4. The molecule has 1 heterocycles. The quantitative estimate of drug-likeness (QED) is 0.193. The first-order valence-electron chi connectivity index (χ1n) is 16.5. The molecule has 0 amide bonds. The molecule has 0 bridgehead atoms. The van der Waals surface area contributed by atoms with Crippen molar-refractivity contribution in [1.29, 1.82) is 0 Å². The van der Waals surface area contributed by atoms with Gasteiger partial charge in [-0.1, -0.05) is 172 Å². The standard InChI is InChI=1S/C45H33N3/c1-44(2)37-28-27-32(43-47-41(30-17-7-3-8-18-30)46-42(48-43)31-19-9-4-10-20-31)29-36(37)40-39(44)35-25-15-16-26-38(35)45(40,33-21-11-5-12-22-33)34-23-13-6-14-24-34/h3-29H,1-2H3. The van der Waals surface area contributed by atoms with Crippen LogP contribution in [0, 0.1) is 0 Å². The lowest BCUT2D eigenvalue weighted by Gasteiger charge is -2.36. The van der Waals surface area contributed by atoms with Crippen LogP contribution in [0.3, 0.4) is 0 Å². The second-order valence-electron chi connectivity index (χ2n) is 13.2. The van der Waals surface area contributed by atoms with Gasteiger partial charge in [0.2, 0.25) is 0 Å². The lowest BCUT2D eigenvalue weighted by atomic mass is 9.65. The van der Waals surface area contributed by atoms with Crippen LogP contribution >= 0.6 is 0 Å². The average Bonchev–Trinajstić information content (AvgIpc) is 3.60. The third-order valence-electron chi connectivity index (χ3n) is 10.2. The summed E-state index contributed by atoms with van der Waals surface area (Å²) >= 11 is 0. The van der Waals surface area contributed by atoms with Gasteiger partial charge in [-0.25, -0.2) is 15.0 Å². The summed E-state index contributed by atoms with van der Waals surface area (Å²) in [7, 11) is 0. The van der Waals surface area contributed by atoms with Crippen molar-refractivity contribution in [3.63, 3.8) is 0 Å². The summed E-state index contributed by atoms with van der Waals surface area (Å²) in [4.78, 5) is 15.1. The van der Waals surface area contributed by atoms with Crippen molar-refractivity contribution in [1.82, 2.24) is 15.0 Å². The summed E-state index contributed by atoms with van der Waals surface area (Å²) in [6, 6.07) is 58.3. The molecule has 2 aliphatic rings. The molecule has 0 spiro atoms. The largest absolute Gasteiger partial charge is 0.208 e. The zero-order chi connectivity index (χ0) is 32.3. The molecule has 0 atom stereocenters. The molecule has 3 heteroatoms. The molecule has 6 aromatic carbocycles. The monoisotopic (exact) mass is 615 g/mol. The van der Waals surface area contributed by atoms with Crippen LogP contribution in [0.15, 0.2) is 164 Å². The number of hydrogen-bond acceptors (Lipinski definition) is 3. The first kappa shape index (κ1) is 28.3. The molecule has 9 rings (SSSR count). The van der Waals surface area contributed by atoms with Crippen LogP contribution in [0.5, 0.6) is 0 Å². The Morgan fingerprint density at radius 1 is 0.375 bits per heavy atom. The highest BCUT2D eigenvalue weighted by atomic mass is 15.0. The molecule has 3 nitrogen and oxygen atoms in total. The molecule has 7 aromatic rings. The van der Waals surface area contributed by atoms with E-state index in [0.717, 1.165) is 16.7 Å². The molecular weight excluding hydrogens is 583 g/mol. The van der Waals surface area contributed by atoms with E-state index >= 15 is 0 Å². The molecule has 0 N–H and O–H groups in total. The van der Waals surface area contributed by atoms with Crippen LogP contribution in [0.4, 0.5) is 0 Å². The highest BCUT2D eigenvalue weighted by Crippen LogP contribution is 2.66. The molecule has 0 fully saturated rings. The molecule has 48 heavy (non-hydrogen) atoms. The number of rotatable bonds is 5. The second kappa shape index (κ2) is 10.8. The molecule has 0 saturated heterocycles. The third kappa shape index (κ3) is 4.10. The second-order valence-corrected chi connectivity index (χ2v) is 13.2. The van der Waals surface area contributed by atoms with Crippen molar-refractivity contribution in [2.45, 2.75) is 24.7 Å². The van der Waals surface area contributed by atoms with E-state index in [1.165, 1.54) is 44.5 Å². The van der Waals surface area contributed by atoms with Gasteiger partial charge in [0, 0.05) is 22.1 Å². The van der Waals surface area contributed by atoms with E-state index < -0.39 is 5.41 Å². The Morgan fingerprint density at radius 3 is 1.38 bits per heavy atom.